The van der Waals surface area contributed by atoms with Crippen molar-refractivity contribution in [2.45, 2.75) is 6.54 Å². The van der Waals surface area contributed by atoms with Gasteiger partial charge in [-0.3, -0.25) is 4.79 Å². The zero-order chi connectivity index (χ0) is 18.1. The third kappa shape index (κ3) is 5.39. The van der Waals surface area contributed by atoms with Crippen molar-refractivity contribution in [3.05, 3.63) is 53.6 Å². The predicted octanol–water partition coefficient (Wildman–Crippen LogP) is 2.69. The number of benzene rings is 2. The van der Waals surface area contributed by atoms with Crippen molar-refractivity contribution >= 4 is 11.6 Å². The van der Waals surface area contributed by atoms with Crippen LogP contribution in [-0.2, 0) is 11.3 Å². The first-order valence-corrected chi connectivity index (χ1v) is 8.00. The lowest BCUT2D eigenvalue weighted by atomic mass is 10.1. The van der Waals surface area contributed by atoms with Gasteiger partial charge in [-0.05, 0) is 29.8 Å². The highest BCUT2D eigenvalue weighted by Gasteiger charge is 2.13. The van der Waals surface area contributed by atoms with E-state index in [0.29, 0.717) is 30.2 Å². The van der Waals surface area contributed by atoms with Gasteiger partial charge in [0.15, 0.2) is 0 Å². The maximum absolute atomic E-state index is 12.4. The van der Waals surface area contributed by atoms with Crippen LogP contribution in [0.3, 0.4) is 0 Å². The molecule has 0 spiro atoms. The molecule has 0 unspecified atom stereocenters. The van der Waals surface area contributed by atoms with E-state index < -0.39 is 0 Å². The number of anilines is 1. The molecule has 2 aromatic carbocycles. The van der Waals surface area contributed by atoms with Crippen molar-refractivity contribution < 1.29 is 19.0 Å². The predicted molar refractivity (Wildman–Crippen MR) is 97.5 cm³/mol. The lowest BCUT2D eigenvalue weighted by Gasteiger charge is -2.11. The number of methoxy groups -OCH3 is 3. The van der Waals surface area contributed by atoms with Crippen LogP contribution in [0.4, 0.5) is 5.69 Å². The van der Waals surface area contributed by atoms with Gasteiger partial charge in [0.25, 0.3) is 5.91 Å². The molecule has 0 bridgehead atoms. The summed E-state index contributed by atoms with van der Waals surface area (Å²) in [6.45, 7) is 1.84. The molecule has 6 nitrogen and oxygen atoms in total. The Morgan fingerprint density at radius 2 is 1.76 bits per heavy atom. The number of carbonyl (C=O) groups is 1. The van der Waals surface area contributed by atoms with E-state index in [0.717, 1.165) is 17.8 Å². The molecule has 0 atom stereocenters. The molecule has 0 aliphatic carbocycles. The molecule has 6 heteroatoms. The molecule has 1 amide bonds. The molecule has 2 N–H and O–H groups in total. The van der Waals surface area contributed by atoms with Gasteiger partial charge in [-0.2, -0.15) is 0 Å². The monoisotopic (exact) mass is 344 g/mol. The smallest absolute Gasteiger partial charge is 0.255 e. The number of hydrogen-bond acceptors (Lipinski definition) is 5. The van der Waals surface area contributed by atoms with Crippen LogP contribution < -0.4 is 20.1 Å². The molecule has 134 valence electrons. The standard InChI is InChI=1S/C19H24N2O4/c1-23-11-10-20-15-6-4-14(5-7-15)13-21-19(22)17-9-8-16(24-2)12-18(17)25-3/h4-9,12,20H,10-11,13H2,1-3H3,(H,21,22). The average Bonchev–Trinajstić information content (AvgIpc) is 2.66. The van der Waals surface area contributed by atoms with Crippen LogP contribution in [0.5, 0.6) is 11.5 Å². The number of hydrogen-bond donors (Lipinski definition) is 2. The summed E-state index contributed by atoms with van der Waals surface area (Å²) in [5, 5.41) is 6.15. The Hall–Kier alpha value is -2.73. The topological polar surface area (TPSA) is 68.8 Å². The summed E-state index contributed by atoms with van der Waals surface area (Å²) < 4.78 is 15.4. The van der Waals surface area contributed by atoms with Gasteiger partial charge in [0.2, 0.25) is 0 Å². The lowest BCUT2D eigenvalue weighted by Crippen LogP contribution is -2.23. The summed E-state index contributed by atoms with van der Waals surface area (Å²) in [6.07, 6.45) is 0. The van der Waals surface area contributed by atoms with E-state index in [1.165, 1.54) is 7.11 Å². The summed E-state index contributed by atoms with van der Waals surface area (Å²) >= 11 is 0. The molecule has 0 aliphatic heterocycles. The van der Waals surface area contributed by atoms with E-state index in [2.05, 4.69) is 10.6 Å². The fourth-order valence-corrected chi connectivity index (χ4v) is 2.30. The third-order valence-electron chi connectivity index (χ3n) is 3.70. The Morgan fingerprint density at radius 3 is 2.40 bits per heavy atom. The zero-order valence-electron chi connectivity index (χ0n) is 14.8. The zero-order valence-corrected chi connectivity index (χ0v) is 14.8. The molecule has 0 heterocycles. The van der Waals surface area contributed by atoms with Crippen molar-refractivity contribution in [3.8, 4) is 11.5 Å². The summed E-state index contributed by atoms with van der Waals surface area (Å²) in [4.78, 5) is 12.4. The van der Waals surface area contributed by atoms with Gasteiger partial charge in [-0.1, -0.05) is 12.1 Å². The lowest BCUT2D eigenvalue weighted by molar-refractivity contribution is 0.0948. The SMILES string of the molecule is COCCNc1ccc(CNC(=O)c2ccc(OC)cc2OC)cc1. The minimum Gasteiger partial charge on any atom is -0.497 e. The Labute approximate surface area is 148 Å². The first-order valence-electron chi connectivity index (χ1n) is 8.00. The van der Waals surface area contributed by atoms with Crippen molar-refractivity contribution in [3.63, 3.8) is 0 Å². The quantitative estimate of drug-likeness (QED) is 0.685. The molecular formula is C19H24N2O4. The normalized spacial score (nSPS) is 10.2. The molecular weight excluding hydrogens is 320 g/mol. The average molecular weight is 344 g/mol. The third-order valence-corrected chi connectivity index (χ3v) is 3.70. The van der Waals surface area contributed by atoms with E-state index in [1.54, 1.807) is 32.4 Å². The van der Waals surface area contributed by atoms with Gasteiger partial charge in [0, 0.05) is 32.0 Å². The Balaban J connectivity index is 1.93. The Bertz CT molecular complexity index is 686. The van der Waals surface area contributed by atoms with Crippen LogP contribution in [0, 0.1) is 0 Å². The fourth-order valence-electron chi connectivity index (χ4n) is 2.30. The molecule has 0 fully saturated rings. The highest BCUT2D eigenvalue weighted by atomic mass is 16.5. The van der Waals surface area contributed by atoms with E-state index >= 15 is 0 Å². The van der Waals surface area contributed by atoms with Gasteiger partial charge < -0.3 is 24.8 Å². The molecule has 2 rings (SSSR count). The minimum absolute atomic E-state index is 0.193. The molecule has 0 radical (unpaired) electrons. The van der Waals surface area contributed by atoms with Gasteiger partial charge >= 0.3 is 0 Å². The van der Waals surface area contributed by atoms with E-state index in [-0.39, 0.29) is 5.91 Å². The summed E-state index contributed by atoms with van der Waals surface area (Å²) in [5.74, 6) is 0.932. The maximum Gasteiger partial charge on any atom is 0.255 e. The summed E-state index contributed by atoms with van der Waals surface area (Å²) in [6, 6.07) is 13.0. The van der Waals surface area contributed by atoms with Gasteiger partial charge in [-0.15, -0.1) is 0 Å². The van der Waals surface area contributed by atoms with Crippen LogP contribution in [-0.4, -0.2) is 40.4 Å². The first kappa shape index (κ1) is 18.6. The van der Waals surface area contributed by atoms with Crippen molar-refractivity contribution in [1.29, 1.82) is 0 Å². The van der Waals surface area contributed by atoms with Crippen molar-refractivity contribution in [2.75, 3.05) is 39.8 Å². The summed E-state index contributed by atoms with van der Waals surface area (Å²) in [7, 11) is 4.77. The fraction of sp³-hybridized carbons (Fsp3) is 0.316. The second-order valence-corrected chi connectivity index (χ2v) is 5.37. The first-order chi connectivity index (χ1) is 12.2. The maximum atomic E-state index is 12.4. The number of ether oxygens (including phenoxy) is 3. The molecule has 25 heavy (non-hydrogen) atoms. The summed E-state index contributed by atoms with van der Waals surface area (Å²) in [5.41, 5.74) is 2.50. The Kier molecular flexibility index (Phi) is 7.10. The largest absolute Gasteiger partial charge is 0.497 e. The van der Waals surface area contributed by atoms with Crippen molar-refractivity contribution in [2.24, 2.45) is 0 Å². The van der Waals surface area contributed by atoms with Gasteiger partial charge in [0.05, 0.1) is 26.4 Å². The minimum atomic E-state index is -0.193. The van der Waals surface area contributed by atoms with Crippen LogP contribution >= 0.6 is 0 Å². The van der Waals surface area contributed by atoms with Crippen molar-refractivity contribution in [1.82, 2.24) is 5.32 Å². The number of amides is 1. The van der Waals surface area contributed by atoms with E-state index in [4.69, 9.17) is 14.2 Å². The van der Waals surface area contributed by atoms with Crippen LogP contribution in [0.2, 0.25) is 0 Å². The molecule has 0 saturated carbocycles. The van der Waals surface area contributed by atoms with E-state index in [9.17, 15) is 4.79 Å². The highest BCUT2D eigenvalue weighted by molar-refractivity contribution is 5.97. The van der Waals surface area contributed by atoms with Crippen LogP contribution in [0.15, 0.2) is 42.5 Å². The number of rotatable bonds is 9. The second-order valence-electron chi connectivity index (χ2n) is 5.37. The molecule has 0 aliphatic rings. The Morgan fingerprint density at radius 1 is 1.00 bits per heavy atom. The number of nitrogens with one attached hydrogen (secondary N) is 2. The van der Waals surface area contributed by atoms with Gasteiger partial charge in [-0.25, -0.2) is 0 Å². The van der Waals surface area contributed by atoms with Crippen LogP contribution in [0.1, 0.15) is 15.9 Å². The molecule has 0 saturated heterocycles. The van der Waals surface area contributed by atoms with E-state index in [1.807, 2.05) is 24.3 Å². The molecule has 2 aromatic rings. The van der Waals surface area contributed by atoms with Gasteiger partial charge in [0.1, 0.15) is 11.5 Å². The second kappa shape index (κ2) is 9.54. The number of carbonyl (C=O) groups excluding carboxylic acids is 1. The molecule has 0 aromatic heterocycles. The highest BCUT2D eigenvalue weighted by Crippen LogP contribution is 2.24. The van der Waals surface area contributed by atoms with Crippen LogP contribution in [0.25, 0.3) is 0 Å².